The molecule has 2 heterocycles. The number of aromatic nitrogens is 4. The largest absolute Gasteiger partial charge is 0.337 e. The molecule has 5 rings (SSSR count). The van der Waals surface area contributed by atoms with Crippen molar-refractivity contribution in [2.24, 2.45) is 5.92 Å². The predicted molar refractivity (Wildman–Crippen MR) is 118 cm³/mol. The quantitative estimate of drug-likeness (QED) is 0.468. The fraction of sp³-hybridized carbons (Fsp3) is 0.227. The van der Waals surface area contributed by atoms with Gasteiger partial charge in [0.05, 0.1) is 18.6 Å². The second kappa shape index (κ2) is 7.45. The first kappa shape index (κ1) is 19.2. The van der Waals surface area contributed by atoms with E-state index in [1.165, 1.54) is 9.13 Å². The smallest absolute Gasteiger partial charge is 0.320 e. The van der Waals surface area contributed by atoms with Crippen LogP contribution in [-0.4, -0.2) is 18.7 Å². The minimum Gasteiger partial charge on any atom is -0.320 e. The first-order chi connectivity index (χ1) is 14.5. The summed E-state index contributed by atoms with van der Waals surface area (Å²) in [5.74, 6) is 0.362. The van der Waals surface area contributed by atoms with Crippen molar-refractivity contribution in [2.45, 2.75) is 25.9 Å². The maximum atomic E-state index is 13.3. The van der Waals surface area contributed by atoms with Crippen LogP contribution in [0.5, 0.6) is 0 Å². The first-order valence-corrected chi connectivity index (χ1v) is 10.5. The molecule has 0 aliphatic heterocycles. The van der Waals surface area contributed by atoms with Crippen molar-refractivity contribution in [1.29, 1.82) is 0 Å². The Morgan fingerprint density at radius 3 is 2.57 bits per heavy atom. The van der Waals surface area contributed by atoms with E-state index in [2.05, 4.69) is 4.98 Å². The van der Waals surface area contributed by atoms with Gasteiger partial charge in [-0.05, 0) is 48.6 Å². The first-order valence-electron chi connectivity index (χ1n) is 9.73. The minimum absolute atomic E-state index is 0.311. The van der Waals surface area contributed by atoms with Crippen molar-refractivity contribution in [3.05, 3.63) is 91.3 Å². The molecule has 0 N–H and O–H groups in total. The molecule has 0 saturated heterocycles. The summed E-state index contributed by atoms with van der Waals surface area (Å²) in [4.78, 5) is 31.1. The Morgan fingerprint density at radius 1 is 1.03 bits per heavy atom. The molecular weight excluding hydrogens is 423 g/mol. The Morgan fingerprint density at radius 2 is 1.83 bits per heavy atom. The summed E-state index contributed by atoms with van der Waals surface area (Å²) in [7, 11) is 0. The molecule has 0 amide bonds. The average molecular weight is 441 g/mol. The molecular formula is C22H18Cl2N4O2. The van der Waals surface area contributed by atoms with Crippen molar-refractivity contribution in [3.63, 3.8) is 0 Å². The molecule has 0 radical (unpaired) electrons. The lowest BCUT2D eigenvalue weighted by molar-refractivity contribution is 0.567. The molecule has 2 aromatic heterocycles. The van der Waals surface area contributed by atoms with Crippen molar-refractivity contribution in [1.82, 2.24) is 18.7 Å². The van der Waals surface area contributed by atoms with Gasteiger partial charge in [0.1, 0.15) is 0 Å². The van der Waals surface area contributed by atoms with Gasteiger partial charge in [-0.1, -0.05) is 47.5 Å². The SMILES string of the molecule is O=c1c2c(ncn2Cc2ccccc2Cl)n(-c2cccc(Cl)c2)c(=O)n1CC1CC1. The van der Waals surface area contributed by atoms with Crippen LogP contribution in [0.25, 0.3) is 16.9 Å². The molecule has 1 saturated carbocycles. The molecule has 8 heteroatoms. The maximum Gasteiger partial charge on any atom is 0.337 e. The highest BCUT2D eigenvalue weighted by Gasteiger charge is 2.26. The molecule has 0 spiro atoms. The third kappa shape index (κ3) is 3.36. The van der Waals surface area contributed by atoms with Crippen molar-refractivity contribution in [3.8, 4) is 5.69 Å². The second-order valence-electron chi connectivity index (χ2n) is 7.59. The van der Waals surface area contributed by atoms with Crippen LogP contribution in [0.1, 0.15) is 18.4 Å². The van der Waals surface area contributed by atoms with Gasteiger partial charge in [-0.2, -0.15) is 0 Å². The van der Waals surface area contributed by atoms with Crippen LogP contribution in [0.3, 0.4) is 0 Å². The molecule has 4 aromatic rings. The fourth-order valence-corrected chi connectivity index (χ4v) is 4.06. The Balaban J connectivity index is 1.77. The highest BCUT2D eigenvalue weighted by atomic mass is 35.5. The Labute approximate surface area is 181 Å². The molecule has 152 valence electrons. The molecule has 1 aliphatic rings. The zero-order chi connectivity index (χ0) is 20.8. The third-order valence-electron chi connectivity index (χ3n) is 5.40. The number of hydrogen-bond acceptors (Lipinski definition) is 3. The predicted octanol–water partition coefficient (Wildman–Crippen LogP) is 4.11. The minimum atomic E-state index is -0.398. The standard InChI is InChI=1S/C22H18Cl2N4O2/c23-16-5-3-6-17(10-16)28-20-19(21(29)27(22(28)30)11-14-8-9-14)26(13-25-20)12-15-4-1-2-7-18(15)24/h1-7,10,13-14H,8-9,11-12H2. The van der Waals surface area contributed by atoms with Crippen LogP contribution in [0.2, 0.25) is 10.0 Å². The molecule has 1 fully saturated rings. The second-order valence-corrected chi connectivity index (χ2v) is 8.44. The van der Waals surface area contributed by atoms with E-state index in [1.54, 1.807) is 35.2 Å². The number of benzene rings is 2. The summed E-state index contributed by atoms with van der Waals surface area (Å²) >= 11 is 12.5. The van der Waals surface area contributed by atoms with Gasteiger partial charge in [-0.3, -0.25) is 9.36 Å². The number of nitrogens with zero attached hydrogens (tertiary/aromatic N) is 4. The maximum absolute atomic E-state index is 13.3. The van der Waals surface area contributed by atoms with E-state index >= 15 is 0 Å². The average Bonchev–Trinajstić information content (AvgIpc) is 3.46. The van der Waals surface area contributed by atoms with Gasteiger partial charge in [0, 0.05) is 16.6 Å². The summed E-state index contributed by atoms with van der Waals surface area (Å²) in [6.07, 6.45) is 3.64. The number of halogens is 2. The van der Waals surface area contributed by atoms with Gasteiger partial charge >= 0.3 is 5.69 Å². The summed E-state index contributed by atoms with van der Waals surface area (Å²) in [6, 6.07) is 14.5. The summed E-state index contributed by atoms with van der Waals surface area (Å²) in [6.45, 7) is 0.786. The molecule has 30 heavy (non-hydrogen) atoms. The highest BCUT2D eigenvalue weighted by Crippen LogP contribution is 2.30. The zero-order valence-corrected chi connectivity index (χ0v) is 17.5. The summed E-state index contributed by atoms with van der Waals surface area (Å²) < 4.78 is 4.54. The lowest BCUT2D eigenvalue weighted by atomic mass is 10.2. The molecule has 2 aromatic carbocycles. The van der Waals surface area contributed by atoms with Gasteiger partial charge < -0.3 is 4.57 Å². The van der Waals surface area contributed by atoms with Crippen LogP contribution < -0.4 is 11.2 Å². The van der Waals surface area contributed by atoms with Crippen molar-refractivity contribution < 1.29 is 0 Å². The van der Waals surface area contributed by atoms with Gasteiger partial charge in [0.2, 0.25) is 0 Å². The van der Waals surface area contributed by atoms with Crippen LogP contribution in [0.15, 0.2) is 64.4 Å². The van der Waals surface area contributed by atoms with E-state index in [4.69, 9.17) is 23.2 Å². The number of rotatable bonds is 5. The van der Waals surface area contributed by atoms with Crippen molar-refractivity contribution in [2.75, 3.05) is 0 Å². The van der Waals surface area contributed by atoms with Crippen LogP contribution >= 0.6 is 23.2 Å². The summed E-state index contributed by atoms with van der Waals surface area (Å²) in [5.41, 5.74) is 1.40. The number of fused-ring (bicyclic) bond motifs is 1. The normalized spacial score (nSPS) is 13.8. The van der Waals surface area contributed by atoms with E-state index < -0.39 is 5.69 Å². The van der Waals surface area contributed by atoms with Gasteiger partial charge in [-0.15, -0.1) is 0 Å². The third-order valence-corrected chi connectivity index (χ3v) is 6.01. The van der Waals surface area contributed by atoms with E-state index in [-0.39, 0.29) is 5.56 Å². The Kier molecular flexibility index (Phi) is 4.76. The molecule has 0 atom stereocenters. The molecule has 0 bridgehead atoms. The lowest BCUT2D eigenvalue weighted by Gasteiger charge is -2.13. The summed E-state index contributed by atoms with van der Waals surface area (Å²) in [5, 5.41) is 1.11. The highest BCUT2D eigenvalue weighted by molar-refractivity contribution is 6.31. The van der Waals surface area contributed by atoms with E-state index in [0.717, 1.165) is 18.4 Å². The Bertz CT molecular complexity index is 1380. The molecule has 6 nitrogen and oxygen atoms in total. The van der Waals surface area contributed by atoms with Crippen LogP contribution in [-0.2, 0) is 13.1 Å². The van der Waals surface area contributed by atoms with Gasteiger partial charge in [0.15, 0.2) is 11.2 Å². The number of imidazole rings is 1. The zero-order valence-electron chi connectivity index (χ0n) is 16.0. The van der Waals surface area contributed by atoms with Crippen LogP contribution in [0.4, 0.5) is 0 Å². The van der Waals surface area contributed by atoms with Crippen molar-refractivity contribution >= 4 is 34.4 Å². The molecule has 1 aliphatic carbocycles. The molecule has 0 unspecified atom stereocenters. The number of hydrogen-bond donors (Lipinski definition) is 0. The lowest BCUT2D eigenvalue weighted by Crippen LogP contribution is -2.40. The fourth-order valence-electron chi connectivity index (χ4n) is 3.68. The van der Waals surface area contributed by atoms with Gasteiger partial charge in [-0.25, -0.2) is 14.3 Å². The topological polar surface area (TPSA) is 61.8 Å². The monoisotopic (exact) mass is 440 g/mol. The Hall–Kier alpha value is -2.83. The van der Waals surface area contributed by atoms with E-state index in [1.807, 2.05) is 24.3 Å². The van der Waals surface area contributed by atoms with E-state index in [0.29, 0.717) is 45.9 Å². The van der Waals surface area contributed by atoms with Gasteiger partial charge in [0.25, 0.3) is 5.56 Å². The van der Waals surface area contributed by atoms with Crippen LogP contribution in [0, 0.1) is 5.92 Å². The van der Waals surface area contributed by atoms with E-state index in [9.17, 15) is 9.59 Å².